The van der Waals surface area contributed by atoms with Crippen molar-refractivity contribution >= 4 is 29.3 Å². The van der Waals surface area contributed by atoms with E-state index >= 15 is 0 Å². The van der Waals surface area contributed by atoms with Crippen molar-refractivity contribution in [1.29, 1.82) is 5.26 Å². The van der Waals surface area contributed by atoms with E-state index in [9.17, 15) is 10.1 Å². The lowest BCUT2D eigenvalue weighted by Crippen LogP contribution is -2.13. The highest BCUT2D eigenvalue weighted by Crippen LogP contribution is 2.27. The number of amides is 1. The molecular weight excluding hydrogens is 440 g/mol. The summed E-state index contributed by atoms with van der Waals surface area (Å²) in [5.74, 6) is 1.25. The predicted molar refractivity (Wildman–Crippen MR) is 129 cm³/mol. The van der Waals surface area contributed by atoms with Crippen molar-refractivity contribution < 1.29 is 19.0 Å². The molecule has 0 heterocycles. The van der Waals surface area contributed by atoms with Gasteiger partial charge in [-0.05, 0) is 55.5 Å². The second kappa shape index (κ2) is 11.6. The molecule has 3 aromatic rings. The fraction of sp³-hybridized carbons (Fsp3) is 0.154. The third-order valence-electron chi connectivity index (χ3n) is 4.65. The molecule has 3 rings (SSSR count). The summed E-state index contributed by atoms with van der Waals surface area (Å²) < 4.78 is 16.6. The minimum absolute atomic E-state index is 0.0554. The molecule has 0 aromatic heterocycles. The van der Waals surface area contributed by atoms with Gasteiger partial charge in [-0.3, -0.25) is 4.79 Å². The summed E-state index contributed by atoms with van der Waals surface area (Å²) in [6.45, 7) is 2.62. The number of hydrogen-bond donors (Lipinski definition) is 1. The van der Waals surface area contributed by atoms with Crippen LogP contribution in [0, 0.1) is 11.3 Å². The largest absolute Gasteiger partial charge is 0.497 e. The zero-order chi connectivity index (χ0) is 23.6. The second-order valence-electron chi connectivity index (χ2n) is 6.87. The molecule has 0 aliphatic heterocycles. The van der Waals surface area contributed by atoms with Crippen molar-refractivity contribution in [3.05, 3.63) is 88.5 Å². The van der Waals surface area contributed by atoms with E-state index in [1.165, 1.54) is 6.08 Å². The van der Waals surface area contributed by atoms with Gasteiger partial charge < -0.3 is 19.5 Å². The average Bonchev–Trinajstić information content (AvgIpc) is 2.83. The Balaban J connectivity index is 1.68. The number of benzene rings is 3. The molecule has 0 aliphatic carbocycles. The van der Waals surface area contributed by atoms with Crippen LogP contribution in [0.2, 0.25) is 5.02 Å². The molecule has 0 fully saturated rings. The van der Waals surface area contributed by atoms with E-state index in [0.29, 0.717) is 46.7 Å². The third kappa shape index (κ3) is 6.52. The monoisotopic (exact) mass is 462 g/mol. The lowest BCUT2D eigenvalue weighted by molar-refractivity contribution is -0.112. The SMILES string of the molecule is CCOc1cc(OC)ccc1/C=C(\C#N)C(=O)Nc1ccc(OCc2ccccc2Cl)cc1. The number of nitrogens with zero attached hydrogens (tertiary/aromatic N) is 1. The zero-order valence-electron chi connectivity index (χ0n) is 18.3. The summed E-state index contributed by atoms with van der Waals surface area (Å²) in [6.07, 6.45) is 1.49. The van der Waals surface area contributed by atoms with Crippen molar-refractivity contribution in [2.75, 3.05) is 19.0 Å². The van der Waals surface area contributed by atoms with Crippen LogP contribution in [-0.2, 0) is 11.4 Å². The Labute approximate surface area is 198 Å². The van der Waals surface area contributed by atoms with Crippen LogP contribution in [-0.4, -0.2) is 19.6 Å². The Hall–Kier alpha value is -3.95. The van der Waals surface area contributed by atoms with Gasteiger partial charge in [-0.25, -0.2) is 0 Å². The number of nitriles is 1. The van der Waals surface area contributed by atoms with E-state index in [-0.39, 0.29) is 5.57 Å². The Morgan fingerprint density at radius 2 is 1.79 bits per heavy atom. The van der Waals surface area contributed by atoms with Gasteiger partial charge in [0, 0.05) is 27.9 Å². The van der Waals surface area contributed by atoms with E-state index in [1.54, 1.807) is 49.6 Å². The summed E-state index contributed by atoms with van der Waals surface area (Å²) in [5.41, 5.74) is 1.96. The number of nitrogens with one attached hydrogen (secondary N) is 1. The van der Waals surface area contributed by atoms with Gasteiger partial charge >= 0.3 is 0 Å². The van der Waals surface area contributed by atoms with Crippen LogP contribution in [0.25, 0.3) is 6.08 Å². The highest BCUT2D eigenvalue weighted by atomic mass is 35.5. The van der Waals surface area contributed by atoms with Gasteiger partial charge in [0.25, 0.3) is 5.91 Å². The van der Waals surface area contributed by atoms with Crippen LogP contribution in [0.1, 0.15) is 18.1 Å². The van der Waals surface area contributed by atoms with Gasteiger partial charge in [-0.15, -0.1) is 0 Å². The first kappa shape index (κ1) is 23.7. The number of hydrogen-bond acceptors (Lipinski definition) is 5. The molecule has 7 heteroatoms. The van der Waals surface area contributed by atoms with Gasteiger partial charge in [0.05, 0.1) is 13.7 Å². The van der Waals surface area contributed by atoms with Crippen LogP contribution in [0.4, 0.5) is 5.69 Å². The molecule has 0 radical (unpaired) electrons. The van der Waals surface area contributed by atoms with Crippen molar-refractivity contribution in [3.63, 3.8) is 0 Å². The maximum absolute atomic E-state index is 12.7. The molecule has 3 aromatic carbocycles. The molecule has 0 bridgehead atoms. The summed E-state index contributed by atoms with van der Waals surface area (Å²) >= 11 is 6.14. The number of rotatable bonds is 9. The van der Waals surface area contributed by atoms with Crippen molar-refractivity contribution in [3.8, 4) is 23.3 Å². The van der Waals surface area contributed by atoms with Crippen LogP contribution in [0.15, 0.2) is 72.3 Å². The predicted octanol–water partition coefficient (Wildman–Crippen LogP) is 5.87. The molecule has 0 unspecified atom stereocenters. The number of ether oxygens (including phenoxy) is 3. The van der Waals surface area contributed by atoms with Crippen LogP contribution < -0.4 is 19.5 Å². The first-order chi connectivity index (χ1) is 16.0. The first-order valence-corrected chi connectivity index (χ1v) is 10.6. The summed E-state index contributed by atoms with van der Waals surface area (Å²) in [7, 11) is 1.56. The minimum atomic E-state index is -0.527. The summed E-state index contributed by atoms with van der Waals surface area (Å²) in [4.78, 5) is 12.7. The van der Waals surface area contributed by atoms with E-state index in [0.717, 1.165) is 5.56 Å². The molecule has 0 spiro atoms. The lowest BCUT2D eigenvalue weighted by Gasteiger charge is -2.11. The highest BCUT2D eigenvalue weighted by molar-refractivity contribution is 6.31. The van der Waals surface area contributed by atoms with Crippen LogP contribution in [0.3, 0.4) is 0 Å². The van der Waals surface area contributed by atoms with Gasteiger partial charge in [0.15, 0.2) is 0 Å². The Morgan fingerprint density at radius 3 is 2.45 bits per heavy atom. The third-order valence-corrected chi connectivity index (χ3v) is 5.02. The van der Waals surface area contributed by atoms with Gasteiger partial charge in [0.1, 0.15) is 35.5 Å². The Morgan fingerprint density at radius 1 is 1.06 bits per heavy atom. The Kier molecular flexibility index (Phi) is 8.34. The van der Waals surface area contributed by atoms with Crippen molar-refractivity contribution in [2.24, 2.45) is 0 Å². The number of methoxy groups -OCH3 is 1. The van der Waals surface area contributed by atoms with E-state index in [1.807, 2.05) is 37.3 Å². The summed E-state index contributed by atoms with van der Waals surface area (Å²) in [5, 5.41) is 12.9. The maximum Gasteiger partial charge on any atom is 0.266 e. The summed E-state index contributed by atoms with van der Waals surface area (Å²) in [6, 6.07) is 21.5. The standard InChI is InChI=1S/C26H23ClN2O4/c1-3-32-25-15-23(31-2)11-8-18(25)14-20(16-28)26(30)29-21-9-12-22(13-10-21)33-17-19-6-4-5-7-24(19)27/h4-15H,3,17H2,1-2H3,(H,29,30)/b20-14+. The van der Waals surface area contributed by atoms with E-state index in [4.69, 9.17) is 25.8 Å². The molecule has 6 nitrogen and oxygen atoms in total. The van der Waals surface area contributed by atoms with E-state index in [2.05, 4.69) is 5.32 Å². The lowest BCUT2D eigenvalue weighted by atomic mass is 10.1. The molecule has 168 valence electrons. The highest BCUT2D eigenvalue weighted by Gasteiger charge is 2.12. The van der Waals surface area contributed by atoms with Crippen molar-refractivity contribution in [1.82, 2.24) is 0 Å². The molecule has 0 atom stereocenters. The normalized spacial score (nSPS) is 10.8. The molecule has 0 aliphatic rings. The first-order valence-electron chi connectivity index (χ1n) is 10.2. The van der Waals surface area contributed by atoms with Gasteiger partial charge in [-0.1, -0.05) is 29.8 Å². The second-order valence-corrected chi connectivity index (χ2v) is 7.27. The molecule has 1 amide bonds. The fourth-order valence-electron chi connectivity index (χ4n) is 2.95. The smallest absolute Gasteiger partial charge is 0.266 e. The van der Waals surface area contributed by atoms with E-state index < -0.39 is 5.91 Å². The molecule has 33 heavy (non-hydrogen) atoms. The van der Waals surface area contributed by atoms with Crippen LogP contribution in [0.5, 0.6) is 17.2 Å². The number of carbonyl (C=O) groups excluding carboxylic acids is 1. The zero-order valence-corrected chi connectivity index (χ0v) is 19.1. The van der Waals surface area contributed by atoms with Gasteiger partial charge in [0.2, 0.25) is 0 Å². The van der Waals surface area contributed by atoms with Gasteiger partial charge in [-0.2, -0.15) is 5.26 Å². The molecular formula is C26H23ClN2O4. The molecule has 1 N–H and O–H groups in total. The molecule has 0 saturated heterocycles. The number of halogens is 1. The minimum Gasteiger partial charge on any atom is -0.497 e. The topological polar surface area (TPSA) is 80.6 Å². The Bertz CT molecular complexity index is 1180. The molecule has 0 saturated carbocycles. The fourth-order valence-corrected chi connectivity index (χ4v) is 3.15. The number of anilines is 1. The quantitative estimate of drug-likeness (QED) is 0.317. The maximum atomic E-state index is 12.7. The van der Waals surface area contributed by atoms with Crippen LogP contribution >= 0.6 is 11.6 Å². The number of carbonyl (C=O) groups is 1. The van der Waals surface area contributed by atoms with Crippen molar-refractivity contribution in [2.45, 2.75) is 13.5 Å². The average molecular weight is 463 g/mol.